The molecular formula is C20H16FN5O2S. The van der Waals surface area contributed by atoms with E-state index in [0.29, 0.717) is 17.4 Å². The molecule has 0 aliphatic rings. The van der Waals surface area contributed by atoms with E-state index >= 15 is 0 Å². The summed E-state index contributed by atoms with van der Waals surface area (Å²) in [7, 11) is 0. The highest BCUT2D eigenvalue weighted by molar-refractivity contribution is 7.99. The largest absolute Gasteiger partial charge is 0.411 e. The minimum Gasteiger partial charge on any atom is -0.411 e. The van der Waals surface area contributed by atoms with Gasteiger partial charge in [0, 0.05) is 11.6 Å². The molecule has 1 amide bonds. The zero-order valence-corrected chi connectivity index (χ0v) is 16.2. The number of rotatable bonds is 6. The van der Waals surface area contributed by atoms with Gasteiger partial charge in [0.05, 0.1) is 11.4 Å². The topological polar surface area (TPSA) is 85.8 Å². The Hall–Kier alpha value is -3.46. The van der Waals surface area contributed by atoms with Gasteiger partial charge in [-0.1, -0.05) is 42.1 Å². The average Bonchev–Trinajstić information content (AvgIpc) is 3.34. The van der Waals surface area contributed by atoms with Crippen molar-refractivity contribution >= 4 is 23.5 Å². The van der Waals surface area contributed by atoms with E-state index in [0.717, 1.165) is 17.3 Å². The first-order valence-corrected chi connectivity index (χ1v) is 9.72. The van der Waals surface area contributed by atoms with Crippen molar-refractivity contribution in [3.05, 3.63) is 72.2 Å². The first-order valence-electron chi connectivity index (χ1n) is 8.73. The van der Waals surface area contributed by atoms with Gasteiger partial charge < -0.3 is 9.73 Å². The van der Waals surface area contributed by atoms with Crippen molar-refractivity contribution in [2.24, 2.45) is 0 Å². The molecule has 0 unspecified atom stereocenters. The maximum atomic E-state index is 14.1. The number of aromatic nitrogens is 4. The molecule has 4 rings (SSSR count). The fourth-order valence-electron chi connectivity index (χ4n) is 2.67. The number of nitrogens with one attached hydrogen (secondary N) is 1. The van der Waals surface area contributed by atoms with Crippen molar-refractivity contribution in [2.75, 3.05) is 11.1 Å². The molecule has 2 aromatic heterocycles. The lowest BCUT2D eigenvalue weighted by Gasteiger charge is -2.09. The van der Waals surface area contributed by atoms with Gasteiger partial charge in [-0.2, -0.15) is 5.10 Å². The van der Waals surface area contributed by atoms with E-state index in [2.05, 4.69) is 20.6 Å². The van der Waals surface area contributed by atoms with E-state index in [4.69, 9.17) is 4.42 Å². The molecule has 0 aliphatic carbocycles. The van der Waals surface area contributed by atoms with Crippen LogP contribution >= 0.6 is 11.8 Å². The van der Waals surface area contributed by atoms with Crippen LogP contribution in [0, 0.1) is 12.7 Å². The molecule has 29 heavy (non-hydrogen) atoms. The van der Waals surface area contributed by atoms with Crippen molar-refractivity contribution in [2.45, 2.75) is 12.1 Å². The summed E-state index contributed by atoms with van der Waals surface area (Å²) < 4.78 is 21.1. The SMILES string of the molecule is Cc1cc(NC(=O)CSc2nnc(-c3ccccc3)o2)n(-c2ccccc2F)n1. The van der Waals surface area contributed by atoms with Crippen molar-refractivity contribution in [3.63, 3.8) is 0 Å². The molecule has 1 N–H and O–H groups in total. The van der Waals surface area contributed by atoms with Crippen LogP contribution < -0.4 is 5.32 Å². The van der Waals surface area contributed by atoms with Crippen LogP contribution in [-0.4, -0.2) is 31.6 Å². The summed E-state index contributed by atoms with van der Waals surface area (Å²) in [6.07, 6.45) is 0. The molecule has 0 bridgehead atoms. The number of hydrogen-bond acceptors (Lipinski definition) is 6. The van der Waals surface area contributed by atoms with Crippen molar-refractivity contribution in [1.82, 2.24) is 20.0 Å². The Morgan fingerprint density at radius 2 is 1.90 bits per heavy atom. The number of nitrogens with zero attached hydrogens (tertiary/aromatic N) is 4. The molecule has 0 fully saturated rings. The normalized spacial score (nSPS) is 10.8. The van der Waals surface area contributed by atoms with Crippen LogP contribution in [0.5, 0.6) is 0 Å². The van der Waals surface area contributed by atoms with Crippen LogP contribution in [0.2, 0.25) is 0 Å². The minimum absolute atomic E-state index is 0.0535. The predicted molar refractivity (Wildman–Crippen MR) is 107 cm³/mol. The fraction of sp³-hybridized carbons (Fsp3) is 0.100. The molecule has 0 saturated heterocycles. The molecule has 0 radical (unpaired) electrons. The first-order chi connectivity index (χ1) is 14.1. The molecule has 0 aliphatic heterocycles. The lowest BCUT2D eigenvalue weighted by Crippen LogP contribution is -2.17. The maximum Gasteiger partial charge on any atom is 0.277 e. The number of para-hydroxylation sites is 1. The Bertz CT molecular complexity index is 1140. The molecule has 0 saturated carbocycles. The lowest BCUT2D eigenvalue weighted by molar-refractivity contribution is -0.113. The number of amides is 1. The molecule has 7 nitrogen and oxygen atoms in total. The molecule has 0 atom stereocenters. The highest BCUT2D eigenvalue weighted by Crippen LogP contribution is 2.24. The molecule has 2 aromatic carbocycles. The summed E-state index contributed by atoms with van der Waals surface area (Å²) in [6.45, 7) is 1.77. The standard InChI is InChI=1S/C20H16FN5O2S/c1-13-11-17(26(25-13)16-10-6-5-9-15(16)21)22-18(27)12-29-20-24-23-19(28-20)14-7-3-2-4-8-14/h2-11H,12H2,1H3,(H,22,27). The Labute approximate surface area is 170 Å². The summed E-state index contributed by atoms with van der Waals surface area (Å²) in [4.78, 5) is 12.4. The Morgan fingerprint density at radius 3 is 2.69 bits per heavy atom. The van der Waals surface area contributed by atoms with Gasteiger partial charge >= 0.3 is 0 Å². The third kappa shape index (κ3) is 4.35. The van der Waals surface area contributed by atoms with Crippen LogP contribution in [0.25, 0.3) is 17.1 Å². The number of carbonyl (C=O) groups is 1. The monoisotopic (exact) mass is 409 g/mol. The summed E-state index contributed by atoms with van der Waals surface area (Å²) in [5.74, 6) is 0.0972. The molecule has 0 spiro atoms. The van der Waals surface area contributed by atoms with Gasteiger partial charge in [0.2, 0.25) is 11.8 Å². The van der Waals surface area contributed by atoms with E-state index in [1.807, 2.05) is 30.3 Å². The summed E-state index contributed by atoms with van der Waals surface area (Å²) in [5.41, 5.74) is 1.72. The maximum absolute atomic E-state index is 14.1. The van der Waals surface area contributed by atoms with E-state index in [-0.39, 0.29) is 22.6 Å². The Balaban J connectivity index is 1.42. The average molecular weight is 409 g/mol. The van der Waals surface area contributed by atoms with Gasteiger partial charge in [-0.15, -0.1) is 10.2 Å². The number of aryl methyl sites for hydroxylation is 1. The number of anilines is 1. The van der Waals surface area contributed by atoms with Gasteiger partial charge in [0.1, 0.15) is 17.3 Å². The quantitative estimate of drug-likeness (QED) is 0.483. The van der Waals surface area contributed by atoms with Gasteiger partial charge in [-0.05, 0) is 31.2 Å². The van der Waals surface area contributed by atoms with E-state index < -0.39 is 5.82 Å². The van der Waals surface area contributed by atoms with E-state index in [9.17, 15) is 9.18 Å². The second-order valence-electron chi connectivity index (χ2n) is 6.11. The number of carbonyl (C=O) groups excluding carboxylic acids is 1. The third-order valence-electron chi connectivity index (χ3n) is 3.93. The Morgan fingerprint density at radius 1 is 1.14 bits per heavy atom. The Kier molecular flexibility index (Phi) is 5.39. The van der Waals surface area contributed by atoms with E-state index in [1.54, 1.807) is 31.2 Å². The van der Waals surface area contributed by atoms with Crippen LogP contribution in [0.4, 0.5) is 10.2 Å². The second kappa shape index (κ2) is 8.27. The summed E-state index contributed by atoms with van der Waals surface area (Å²) >= 11 is 1.12. The molecule has 2 heterocycles. The smallest absolute Gasteiger partial charge is 0.277 e. The number of benzene rings is 2. The summed E-state index contributed by atoms with van der Waals surface area (Å²) in [5, 5.41) is 15.2. The van der Waals surface area contributed by atoms with Crippen molar-refractivity contribution < 1.29 is 13.6 Å². The number of hydrogen-bond donors (Lipinski definition) is 1. The molecule has 4 aromatic rings. The molecular weight excluding hydrogens is 393 g/mol. The highest BCUT2D eigenvalue weighted by atomic mass is 32.2. The van der Waals surface area contributed by atoms with Crippen molar-refractivity contribution in [1.29, 1.82) is 0 Å². The minimum atomic E-state index is -0.431. The third-order valence-corrected chi connectivity index (χ3v) is 4.75. The number of thioether (sulfide) groups is 1. The molecule has 146 valence electrons. The van der Waals surface area contributed by atoms with Crippen LogP contribution in [0.3, 0.4) is 0 Å². The van der Waals surface area contributed by atoms with Crippen molar-refractivity contribution in [3.8, 4) is 17.1 Å². The first kappa shape index (κ1) is 18.9. The van der Waals surface area contributed by atoms with Gasteiger partial charge in [-0.3, -0.25) is 4.79 Å². The van der Waals surface area contributed by atoms with Gasteiger partial charge in [0.25, 0.3) is 5.22 Å². The number of halogens is 1. The lowest BCUT2D eigenvalue weighted by atomic mass is 10.2. The predicted octanol–water partition coefficient (Wildman–Crippen LogP) is 4.10. The fourth-order valence-corrected chi connectivity index (χ4v) is 3.23. The van der Waals surface area contributed by atoms with Crippen LogP contribution in [0.15, 0.2) is 70.3 Å². The zero-order chi connectivity index (χ0) is 20.2. The highest BCUT2D eigenvalue weighted by Gasteiger charge is 2.15. The van der Waals surface area contributed by atoms with Crippen LogP contribution in [-0.2, 0) is 4.79 Å². The van der Waals surface area contributed by atoms with E-state index in [1.165, 1.54) is 10.7 Å². The van der Waals surface area contributed by atoms with Gasteiger partial charge in [-0.25, -0.2) is 9.07 Å². The zero-order valence-electron chi connectivity index (χ0n) is 15.4. The second-order valence-corrected chi connectivity index (χ2v) is 7.04. The molecule has 9 heteroatoms. The summed E-state index contributed by atoms with van der Waals surface area (Å²) in [6, 6.07) is 17.3. The van der Waals surface area contributed by atoms with Crippen LogP contribution in [0.1, 0.15) is 5.69 Å². The van der Waals surface area contributed by atoms with Gasteiger partial charge in [0.15, 0.2) is 0 Å².